The third-order valence-corrected chi connectivity index (χ3v) is 4.34. The number of carbonyl (C=O) groups excluding carboxylic acids is 1. The fourth-order valence-corrected chi connectivity index (χ4v) is 3.05. The fraction of sp³-hybridized carbons (Fsp3) is 0.611. The number of piperidine rings is 1. The molecule has 0 radical (unpaired) electrons. The lowest BCUT2D eigenvalue weighted by Crippen LogP contribution is -2.42. The Morgan fingerprint density at radius 3 is 2.83 bits per heavy atom. The SMILES string of the molecule is CC1CCCN(Cc2ccccc2CNC(=O)NC(C)CO)C1. The number of rotatable bonds is 6. The molecule has 0 bridgehead atoms. The van der Waals surface area contributed by atoms with Crippen LogP contribution in [-0.4, -0.2) is 41.8 Å². The number of nitrogens with one attached hydrogen (secondary N) is 2. The summed E-state index contributed by atoms with van der Waals surface area (Å²) in [6.45, 7) is 7.77. The summed E-state index contributed by atoms with van der Waals surface area (Å²) in [5.41, 5.74) is 2.43. The van der Waals surface area contributed by atoms with Gasteiger partial charge in [0.05, 0.1) is 12.6 Å². The molecule has 0 aromatic heterocycles. The van der Waals surface area contributed by atoms with Crippen molar-refractivity contribution in [2.75, 3.05) is 19.7 Å². The maximum Gasteiger partial charge on any atom is 0.315 e. The molecule has 5 nitrogen and oxygen atoms in total. The third kappa shape index (κ3) is 5.84. The lowest BCUT2D eigenvalue weighted by atomic mass is 9.99. The van der Waals surface area contributed by atoms with Crippen molar-refractivity contribution < 1.29 is 9.90 Å². The second-order valence-corrected chi connectivity index (χ2v) is 6.66. The second-order valence-electron chi connectivity index (χ2n) is 6.66. The van der Waals surface area contributed by atoms with E-state index in [-0.39, 0.29) is 18.7 Å². The smallest absolute Gasteiger partial charge is 0.315 e. The van der Waals surface area contributed by atoms with Crippen molar-refractivity contribution in [1.29, 1.82) is 0 Å². The molecule has 0 aliphatic carbocycles. The van der Waals surface area contributed by atoms with E-state index in [0.717, 1.165) is 31.1 Å². The number of aliphatic hydroxyl groups is 1. The molecule has 0 saturated carbocycles. The van der Waals surface area contributed by atoms with Crippen LogP contribution in [0.4, 0.5) is 4.79 Å². The van der Waals surface area contributed by atoms with Gasteiger partial charge in [0.15, 0.2) is 0 Å². The van der Waals surface area contributed by atoms with Gasteiger partial charge in [0.2, 0.25) is 0 Å². The summed E-state index contributed by atoms with van der Waals surface area (Å²) in [7, 11) is 0. The fourth-order valence-electron chi connectivity index (χ4n) is 3.05. The Hall–Kier alpha value is -1.59. The molecule has 0 spiro atoms. The minimum absolute atomic E-state index is 0.0584. The van der Waals surface area contributed by atoms with E-state index in [1.807, 2.05) is 6.07 Å². The van der Waals surface area contributed by atoms with E-state index >= 15 is 0 Å². The van der Waals surface area contributed by atoms with Crippen LogP contribution in [0.2, 0.25) is 0 Å². The highest BCUT2D eigenvalue weighted by Gasteiger charge is 2.17. The van der Waals surface area contributed by atoms with Crippen molar-refractivity contribution in [1.82, 2.24) is 15.5 Å². The van der Waals surface area contributed by atoms with Crippen LogP contribution in [0.1, 0.15) is 37.8 Å². The number of hydrogen-bond donors (Lipinski definition) is 3. The molecule has 2 rings (SSSR count). The van der Waals surface area contributed by atoms with Crippen LogP contribution in [0.25, 0.3) is 0 Å². The zero-order valence-electron chi connectivity index (χ0n) is 14.2. The van der Waals surface area contributed by atoms with Crippen molar-refractivity contribution >= 4 is 6.03 Å². The number of likely N-dealkylation sites (tertiary alicyclic amines) is 1. The van der Waals surface area contributed by atoms with Crippen LogP contribution in [0.15, 0.2) is 24.3 Å². The zero-order chi connectivity index (χ0) is 16.7. The Balaban J connectivity index is 1.90. The number of amides is 2. The minimum Gasteiger partial charge on any atom is -0.394 e. The number of hydrogen-bond acceptors (Lipinski definition) is 3. The van der Waals surface area contributed by atoms with Gasteiger partial charge in [0.25, 0.3) is 0 Å². The Morgan fingerprint density at radius 1 is 1.39 bits per heavy atom. The first-order valence-corrected chi connectivity index (χ1v) is 8.53. The number of nitrogens with zero attached hydrogens (tertiary/aromatic N) is 1. The average Bonchev–Trinajstić information content (AvgIpc) is 2.54. The Kier molecular flexibility index (Phi) is 6.86. The molecule has 1 saturated heterocycles. The van der Waals surface area contributed by atoms with Gasteiger partial charge < -0.3 is 15.7 Å². The summed E-state index contributed by atoms with van der Waals surface area (Å²) in [6.07, 6.45) is 2.59. The second kappa shape index (κ2) is 8.89. The molecule has 2 atom stereocenters. The third-order valence-electron chi connectivity index (χ3n) is 4.34. The van der Waals surface area contributed by atoms with E-state index in [1.54, 1.807) is 6.92 Å². The molecular weight excluding hydrogens is 290 g/mol. The van der Waals surface area contributed by atoms with E-state index in [9.17, 15) is 4.79 Å². The first kappa shape index (κ1) is 17.8. The standard InChI is InChI=1S/C18H29N3O2/c1-14-6-5-9-21(11-14)12-17-8-4-3-7-16(17)10-19-18(23)20-15(2)13-22/h3-4,7-8,14-15,22H,5-6,9-13H2,1-2H3,(H2,19,20,23). The number of carbonyl (C=O) groups is 1. The predicted octanol–water partition coefficient (Wildman–Crippen LogP) is 2.10. The van der Waals surface area contributed by atoms with E-state index in [1.165, 1.54) is 18.4 Å². The topological polar surface area (TPSA) is 64.6 Å². The van der Waals surface area contributed by atoms with Crippen molar-refractivity contribution in [3.8, 4) is 0 Å². The van der Waals surface area contributed by atoms with Gasteiger partial charge in [0.1, 0.15) is 0 Å². The molecule has 1 aromatic rings. The Labute approximate surface area is 139 Å². The molecule has 1 fully saturated rings. The highest BCUT2D eigenvalue weighted by atomic mass is 16.3. The summed E-state index contributed by atoms with van der Waals surface area (Å²) in [4.78, 5) is 14.3. The molecule has 1 aromatic carbocycles. The first-order valence-electron chi connectivity index (χ1n) is 8.53. The van der Waals surface area contributed by atoms with Gasteiger partial charge >= 0.3 is 6.03 Å². The van der Waals surface area contributed by atoms with E-state index in [4.69, 9.17) is 5.11 Å². The average molecular weight is 319 g/mol. The molecule has 5 heteroatoms. The lowest BCUT2D eigenvalue weighted by molar-refractivity contribution is 0.176. The zero-order valence-corrected chi connectivity index (χ0v) is 14.2. The predicted molar refractivity (Wildman–Crippen MR) is 92.0 cm³/mol. The van der Waals surface area contributed by atoms with Gasteiger partial charge in [-0.2, -0.15) is 0 Å². The van der Waals surface area contributed by atoms with E-state index in [0.29, 0.717) is 6.54 Å². The van der Waals surface area contributed by atoms with Gasteiger partial charge in [-0.25, -0.2) is 4.79 Å². The summed E-state index contributed by atoms with van der Waals surface area (Å²) < 4.78 is 0. The van der Waals surface area contributed by atoms with Gasteiger partial charge in [-0.1, -0.05) is 31.2 Å². The highest BCUT2D eigenvalue weighted by Crippen LogP contribution is 2.19. The van der Waals surface area contributed by atoms with Crippen LogP contribution in [0.5, 0.6) is 0 Å². The van der Waals surface area contributed by atoms with Crippen LogP contribution >= 0.6 is 0 Å². The first-order chi connectivity index (χ1) is 11.1. The van der Waals surface area contributed by atoms with Crippen LogP contribution in [0, 0.1) is 5.92 Å². The Bertz CT molecular complexity index is 507. The molecule has 1 aliphatic heterocycles. The molecule has 128 valence electrons. The van der Waals surface area contributed by atoms with E-state index in [2.05, 4.69) is 40.7 Å². The summed E-state index contributed by atoms with van der Waals surface area (Å²) >= 11 is 0. The van der Waals surface area contributed by atoms with Crippen LogP contribution < -0.4 is 10.6 Å². The van der Waals surface area contributed by atoms with Crippen molar-refractivity contribution in [2.45, 2.75) is 45.8 Å². The van der Waals surface area contributed by atoms with Crippen molar-refractivity contribution in [3.63, 3.8) is 0 Å². The molecule has 2 unspecified atom stereocenters. The summed E-state index contributed by atoms with van der Waals surface area (Å²) in [5, 5.41) is 14.5. The van der Waals surface area contributed by atoms with Crippen molar-refractivity contribution in [3.05, 3.63) is 35.4 Å². The van der Waals surface area contributed by atoms with Gasteiger partial charge in [-0.05, 0) is 43.4 Å². The van der Waals surface area contributed by atoms with Crippen LogP contribution in [-0.2, 0) is 13.1 Å². The monoisotopic (exact) mass is 319 g/mol. The van der Waals surface area contributed by atoms with Gasteiger partial charge in [0, 0.05) is 19.6 Å². The number of urea groups is 1. The largest absolute Gasteiger partial charge is 0.394 e. The molecule has 23 heavy (non-hydrogen) atoms. The summed E-state index contributed by atoms with van der Waals surface area (Å²) in [5.74, 6) is 0.764. The number of aliphatic hydroxyl groups excluding tert-OH is 1. The highest BCUT2D eigenvalue weighted by molar-refractivity contribution is 5.74. The normalized spacial score (nSPS) is 20.0. The molecule has 3 N–H and O–H groups in total. The maximum absolute atomic E-state index is 11.8. The molecule has 1 aliphatic rings. The molecular formula is C18H29N3O2. The number of benzene rings is 1. The molecule has 2 amide bonds. The van der Waals surface area contributed by atoms with Crippen LogP contribution in [0.3, 0.4) is 0 Å². The van der Waals surface area contributed by atoms with Gasteiger partial charge in [-0.3, -0.25) is 4.90 Å². The maximum atomic E-state index is 11.8. The lowest BCUT2D eigenvalue weighted by Gasteiger charge is -2.31. The van der Waals surface area contributed by atoms with E-state index < -0.39 is 0 Å². The minimum atomic E-state index is -0.243. The summed E-state index contributed by atoms with van der Waals surface area (Å²) in [6, 6.07) is 7.80. The Morgan fingerprint density at radius 2 is 2.13 bits per heavy atom. The quantitative estimate of drug-likeness (QED) is 0.752. The molecule has 1 heterocycles. The van der Waals surface area contributed by atoms with Gasteiger partial charge in [-0.15, -0.1) is 0 Å². The van der Waals surface area contributed by atoms with Crippen molar-refractivity contribution in [2.24, 2.45) is 5.92 Å².